The predicted octanol–water partition coefficient (Wildman–Crippen LogP) is 2.55. The van der Waals surface area contributed by atoms with Crippen LogP contribution in [0, 0.1) is 5.41 Å². The summed E-state index contributed by atoms with van der Waals surface area (Å²) in [5.41, 5.74) is 0.221. The maximum atomic E-state index is 11.9. The fourth-order valence-electron chi connectivity index (χ4n) is 1.29. The number of methoxy groups -OCH3 is 1. The Morgan fingerprint density at radius 3 is 2.67 bits per heavy atom. The van der Waals surface area contributed by atoms with Gasteiger partial charge in [-0.05, 0) is 17.5 Å². The second-order valence-electron chi connectivity index (χ2n) is 4.86. The van der Waals surface area contributed by atoms with Gasteiger partial charge in [-0.1, -0.05) is 29.8 Å². The largest absolute Gasteiger partial charge is 0.507 e. The number of halogens is 1. The highest BCUT2D eigenvalue weighted by atomic mass is 79.9. The Bertz CT molecular complexity index is 432. The Balaban J connectivity index is 2.73. The number of hydrogen-bond acceptors (Lipinski definition) is 3. The van der Waals surface area contributed by atoms with Crippen molar-refractivity contribution in [3.8, 4) is 11.5 Å². The normalized spacial score (nSPS) is 11.1. The van der Waals surface area contributed by atoms with Gasteiger partial charge in [0.25, 0.3) is 5.91 Å². The average Bonchev–Trinajstić information content (AvgIpc) is 2.36. The summed E-state index contributed by atoms with van der Waals surface area (Å²) in [5, 5.41) is 13.3. The van der Waals surface area contributed by atoms with Gasteiger partial charge < -0.3 is 15.2 Å². The number of amides is 1. The van der Waals surface area contributed by atoms with Crippen molar-refractivity contribution in [3.63, 3.8) is 0 Å². The summed E-state index contributed by atoms with van der Waals surface area (Å²) < 4.78 is 4.96. The Kier molecular flexibility index (Phi) is 5.02. The fourth-order valence-corrected chi connectivity index (χ4v) is 1.49. The van der Waals surface area contributed by atoms with Gasteiger partial charge in [0.05, 0.1) is 12.7 Å². The Morgan fingerprint density at radius 2 is 2.17 bits per heavy atom. The first-order valence-electron chi connectivity index (χ1n) is 5.61. The molecule has 0 saturated heterocycles. The van der Waals surface area contributed by atoms with Gasteiger partial charge in [0.2, 0.25) is 0 Å². The molecule has 1 aromatic carbocycles. The van der Waals surface area contributed by atoms with Gasteiger partial charge in [-0.3, -0.25) is 4.79 Å². The van der Waals surface area contributed by atoms with Gasteiger partial charge in [-0.2, -0.15) is 0 Å². The van der Waals surface area contributed by atoms with Crippen LogP contribution in [-0.4, -0.2) is 30.0 Å². The number of alkyl halides is 1. The predicted molar refractivity (Wildman–Crippen MR) is 74.6 cm³/mol. The number of hydrogen-bond donors (Lipinski definition) is 2. The molecule has 0 saturated carbocycles. The number of ether oxygens (including phenoxy) is 1. The Hall–Kier alpha value is -1.23. The molecule has 0 spiro atoms. The number of benzene rings is 1. The summed E-state index contributed by atoms with van der Waals surface area (Å²) in [6.45, 7) is 4.61. The summed E-state index contributed by atoms with van der Waals surface area (Å²) in [6.07, 6.45) is 0. The molecule has 5 heteroatoms. The van der Waals surface area contributed by atoms with Gasteiger partial charge in [0.15, 0.2) is 0 Å². The standard InChI is InChI=1S/C13H18BrNO3/c1-13(2,7-14)8-15-12(17)10-5-4-9(18-3)6-11(10)16/h4-6,16H,7-8H2,1-3H3,(H,15,17). The maximum Gasteiger partial charge on any atom is 0.255 e. The summed E-state index contributed by atoms with van der Waals surface area (Å²) in [5.74, 6) is 0.150. The summed E-state index contributed by atoms with van der Waals surface area (Å²) in [4.78, 5) is 11.9. The van der Waals surface area contributed by atoms with E-state index in [0.717, 1.165) is 5.33 Å². The highest BCUT2D eigenvalue weighted by Crippen LogP contribution is 2.23. The van der Waals surface area contributed by atoms with E-state index in [2.05, 4.69) is 21.2 Å². The van der Waals surface area contributed by atoms with Crippen LogP contribution in [0.4, 0.5) is 0 Å². The average molecular weight is 316 g/mol. The van der Waals surface area contributed by atoms with Gasteiger partial charge >= 0.3 is 0 Å². The van der Waals surface area contributed by atoms with Crippen molar-refractivity contribution in [2.24, 2.45) is 5.41 Å². The molecular weight excluding hydrogens is 298 g/mol. The zero-order chi connectivity index (χ0) is 13.8. The molecule has 2 N–H and O–H groups in total. The number of nitrogens with one attached hydrogen (secondary N) is 1. The first kappa shape index (κ1) is 14.8. The lowest BCUT2D eigenvalue weighted by atomic mass is 9.96. The highest BCUT2D eigenvalue weighted by molar-refractivity contribution is 9.09. The Morgan fingerprint density at radius 1 is 1.50 bits per heavy atom. The van der Waals surface area contributed by atoms with E-state index >= 15 is 0 Å². The van der Waals surface area contributed by atoms with Crippen LogP contribution in [0.2, 0.25) is 0 Å². The molecule has 0 unspecified atom stereocenters. The molecule has 4 nitrogen and oxygen atoms in total. The Labute approximate surface area is 115 Å². The maximum absolute atomic E-state index is 11.9. The van der Waals surface area contributed by atoms with Gasteiger partial charge in [-0.25, -0.2) is 0 Å². The molecule has 18 heavy (non-hydrogen) atoms. The summed E-state index contributed by atoms with van der Waals surface area (Å²) in [7, 11) is 1.51. The lowest BCUT2D eigenvalue weighted by Gasteiger charge is -2.22. The van der Waals surface area contributed by atoms with E-state index in [9.17, 15) is 9.90 Å². The minimum Gasteiger partial charge on any atom is -0.507 e. The number of carbonyl (C=O) groups excluding carboxylic acids is 1. The van der Waals surface area contributed by atoms with Crippen LogP contribution in [0.25, 0.3) is 0 Å². The highest BCUT2D eigenvalue weighted by Gasteiger charge is 2.19. The molecule has 1 amide bonds. The molecule has 1 rings (SSSR count). The molecule has 0 aliphatic heterocycles. The first-order valence-corrected chi connectivity index (χ1v) is 6.73. The second kappa shape index (κ2) is 6.09. The van der Waals surface area contributed by atoms with Gasteiger partial charge in [0, 0.05) is 17.9 Å². The molecule has 0 aliphatic carbocycles. The van der Waals surface area contributed by atoms with Crippen LogP contribution < -0.4 is 10.1 Å². The van der Waals surface area contributed by atoms with Crippen LogP contribution >= 0.6 is 15.9 Å². The summed E-state index contributed by atoms with van der Waals surface area (Å²) >= 11 is 3.39. The van der Waals surface area contributed by atoms with Crippen molar-refractivity contribution in [1.29, 1.82) is 0 Å². The van der Waals surface area contributed by atoms with Crippen molar-refractivity contribution in [2.45, 2.75) is 13.8 Å². The SMILES string of the molecule is COc1ccc(C(=O)NCC(C)(C)CBr)c(O)c1. The number of phenols is 1. The van der Waals surface area contributed by atoms with Crippen molar-refractivity contribution in [3.05, 3.63) is 23.8 Å². The van der Waals surface area contributed by atoms with E-state index in [0.29, 0.717) is 12.3 Å². The molecular formula is C13H18BrNO3. The zero-order valence-corrected chi connectivity index (χ0v) is 12.4. The second-order valence-corrected chi connectivity index (χ2v) is 5.42. The van der Waals surface area contributed by atoms with Gasteiger partial charge in [-0.15, -0.1) is 0 Å². The summed E-state index contributed by atoms with van der Waals surface area (Å²) in [6, 6.07) is 4.61. The molecule has 0 radical (unpaired) electrons. The van der Waals surface area contributed by atoms with Crippen LogP contribution in [0.5, 0.6) is 11.5 Å². The third-order valence-corrected chi connectivity index (χ3v) is 4.06. The van der Waals surface area contributed by atoms with Crippen molar-refractivity contribution < 1.29 is 14.6 Å². The van der Waals surface area contributed by atoms with E-state index in [-0.39, 0.29) is 22.6 Å². The monoisotopic (exact) mass is 315 g/mol. The lowest BCUT2D eigenvalue weighted by Crippen LogP contribution is -2.34. The van der Waals surface area contributed by atoms with Crippen molar-refractivity contribution in [2.75, 3.05) is 19.0 Å². The number of phenolic OH excluding ortho intramolecular Hbond substituents is 1. The molecule has 100 valence electrons. The van der Waals surface area contributed by atoms with Crippen LogP contribution in [0.1, 0.15) is 24.2 Å². The topological polar surface area (TPSA) is 58.6 Å². The number of rotatable bonds is 5. The van der Waals surface area contributed by atoms with E-state index in [4.69, 9.17) is 4.74 Å². The number of carbonyl (C=O) groups is 1. The third kappa shape index (κ3) is 3.91. The molecule has 1 aromatic rings. The minimum atomic E-state index is -0.288. The number of aromatic hydroxyl groups is 1. The van der Waals surface area contributed by atoms with E-state index in [1.165, 1.54) is 13.2 Å². The quantitative estimate of drug-likeness (QED) is 0.821. The third-order valence-electron chi connectivity index (χ3n) is 2.54. The first-order chi connectivity index (χ1) is 8.39. The molecule has 0 aromatic heterocycles. The molecule has 0 fully saturated rings. The zero-order valence-electron chi connectivity index (χ0n) is 10.8. The molecule has 0 atom stereocenters. The van der Waals surface area contributed by atoms with Crippen LogP contribution in [0.15, 0.2) is 18.2 Å². The minimum absolute atomic E-state index is 0.0300. The van der Waals surface area contributed by atoms with Crippen molar-refractivity contribution >= 4 is 21.8 Å². The smallest absolute Gasteiger partial charge is 0.255 e. The molecule has 0 bridgehead atoms. The van der Waals surface area contributed by atoms with Crippen LogP contribution in [-0.2, 0) is 0 Å². The van der Waals surface area contributed by atoms with Crippen LogP contribution in [0.3, 0.4) is 0 Å². The van der Waals surface area contributed by atoms with E-state index in [1.807, 2.05) is 13.8 Å². The van der Waals surface area contributed by atoms with Crippen molar-refractivity contribution in [1.82, 2.24) is 5.32 Å². The van der Waals surface area contributed by atoms with E-state index < -0.39 is 0 Å². The fraction of sp³-hybridized carbons (Fsp3) is 0.462. The lowest BCUT2D eigenvalue weighted by molar-refractivity contribution is 0.0937. The molecule has 0 aliphatic rings. The van der Waals surface area contributed by atoms with Gasteiger partial charge in [0.1, 0.15) is 11.5 Å². The molecule has 0 heterocycles. The van der Waals surface area contributed by atoms with E-state index in [1.54, 1.807) is 12.1 Å².